The van der Waals surface area contributed by atoms with Gasteiger partial charge < -0.3 is 53.1 Å². The van der Waals surface area contributed by atoms with Crippen LogP contribution in [0.15, 0.2) is 0 Å². The van der Waals surface area contributed by atoms with Gasteiger partial charge in [0.25, 0.3) is 0 Å². The van der Waals surface area contributed by atoms with Crippen molar-refractivity contribution in [2.75, 3.05) is 13.2 Å². The number of hydrogen-bond donors (Lipinski definition) is 2. The van der Waals surface area contributed by atoms with E-state index in [4.69, 9.17) is 42.6 Å². The molecule has 266 valence electrons. The van der Waals surface area contributed by atoms with Gasteiger partial charge in [-0.15, -0.1) is 0 Å². The molecule has 0 spiro atoms. The number of rotatable bonds is 11. The molecule has 0 aromatic heterocycles. The van der Waals surface area contributed by atoms with Crippen molar-refractivity contribution in [1.29, 1.82) is 0 Å². The zero-order valence-electron chi connectivity index (χ0n) is 25.8. The third-order valence-electron chi connectivity index (χ3n) is 6.16. The van der Waals surface area contributed by atoms with Crippen LogP contribution >= 0.6 is 0 Å². The average Bonchev–Trinajstić information content (AvgIpc) is 2.90. The molecule has 0 radical (unpaired) electrons. The van der Waals surface area contributed by atoms with Crippen LogP contribution in [0.4, 0.5) is 13.2 Å². The number of halogens is 3. The van der Waals surface area contributed by atoms with Crippen LogP contribution in [-0.2, 0) is 76.2 Å². The molecule has 2 fully saturated rings. The highest BCUT2D eigenvalue weighted by molar-refractivity contribution is 5.81. The largest absolute Gasteiger partial charge is 0.471 e. The van der Waals surface area contributed by atoms with Gasteiger partial charge in [0.1, 0.15) is 12.2 Å². The number of carbonyl (C=O) groups is 7. The van der Waals surface area contributed by atoms with E-state index in [2.05, 4.69) is 0 Å². The lowest BCUT2D eigenvalue weighted by atomic mass is 9.97. The van der Waals surface area contributed by atoms with Crippen molar-refractivity contribution in [3.63, 3.8) is 0 Å². The summed E-state index contributed by atoms with van der Waals surface area (Å²) in [4.78, 5) is 83.0. The van der Waals surface area contributed by atoms with E-state index in [9.17, 15) is 51.8 Å². The third-order valence-corrected chi connectivity index (χ3v) is 6.16. The van der Waals surface area contributed by atoms with E-state index in [1.54, 1.807) is 5.32 Å². The van der Waals surface area contributed by atoms with Crippen LogP contribution < -0.4 is 5.32 Å². The molecule has 10 atom stereocenters. The second-order valence-electron chi connectivity index (χ2n) is 10.1. The van der Waals surface area contributed by atoms with Crippen molar-refractivity contribution in [3.8, 4) is 0 Å². The summed E-state index contributed by atoms with van der Waals surface area (Å²) in [6, 6.07) is 0. The number of carbonyl (C=O) groups excluding carboxylic acids is 7. The zero-order chi connectivity index (χ0) is 35.8. The summed E-state index contributed by atoms with van der Waals surface area (Å²) >= 11 is 0. The summed E-state index contributed by atoms with van der Waals surface area (Å²) in [7, 11) is 0. The van der Waals surface area contributed by atoms with Gasteiger partial charge in [-0.05, 0) is 0 Å². The molecule has 2 rings (SSSR count). The molecule has 0 bridgehead atoms. The average molecular weight is 690 g/mol. The molecule has 0 saturated carbocycles. The van der Waals surface area contributed by atoms with Gasteiger partial charge in [0.15, 0.2) is 49.2 Å². The van der Waals surface area contributed by atoms with E-state index in [-0.39, 0.29) is 0 Å². The highest BCUT2D eigenvalue weighted by atomic mass is 19.4. The van der Waals surface area contributed by atoms with Gasteiger partial charge in [-0.2, -0.15) is 13.2 Å². The normalized spacial score (nSPS) is 30.6. The van der Waals surface area contributed by atoms with Gasteiger partial charge >= 0.3 is 47.9 Å². The Morgan fingerprint density at radius 1 is 0.596 bits per heavy atom. The van der Waals surface area contributed by atoms with Gasteiger partial charge in [-0.25, -0.2) is 0 Å². The van der Waals surface area contributed by atoms with Gasteiger partial charge in [0.2, 0.25) is 0 Å². The van der Waals surface area contributed by atoms with Crippen LogP contribution in [0, 0.1) is 0 Å². The Labute approximate surface area is 264 Å². The number of aliphatic hydroxyl groups is 1. The van der Waals surface area contributed by atoms with Crippen LogP contribution in [0.5, 0.6) is 0 Å². The Kier molecular flexibility index (Phi) is 13.9. The fourth-order valence-electron chi connectivity index (χ4n) is 4.64. The highest BCUT2D eigenvalue weighted by Crippen LogP contribution is 2.32. The zero-order valence-corrected chi connectivity index (χ0v) is 25.8. The number of ether oxygens (including phenoxy) is 9. The molecule has 2 N–H and O–H groups in total. The predicted molar refractivity (Wildman–Crippen MR) is 138 cm³/mol. The fourth-order valence-corrected chi connectivity index (χ4v) is 4.64. The second-order valence-corrected chi connectivity index (χ2v) is 10.1. The molecule has 18 nitrogen and oxygen atoms in total. The first kappa shape index (κ1) is 39.1. The molecule has 2 aliphatic rings. The smallest absolute Gasteiger partial charge is 0.456 e. The third kappa shape index (κ3) is 11.6. The number of nitrogens with one attached hydrogen (secondary N) is 1. The van der Waals surface area contributed by atoms with Crippen LogP contribution in [-0.4, -0.2) is 128 Å². The summed E-state index contributed by atoms with van der Waals surface area (Å²) < 4.78 is 86.5. The Bertz CT molecular complexity index is 1200. The van der Waals surface area contributed by atoms with Gasteiger partial charge in [-0.3, -0.25) is 33.6 Å². The summed E-state index contributed by atoms with van der Waals surface area (Å²) in [5, 5.41) is 12.1. The molecule has 1 unspecified atom stereocenters. The molecular weight excluding hydrogens is 655 g/mol. The molecular formula is C26H34F3NO17. The molecule has 2 heterocycles. The molecule has 0 aliphatic carbocycles. The maximum atomic E-state index is 12.9. The van der Waals surface area contributed by atoms with Crippen molar-refractivity contribution < 1.29 is 94.5 Å². The number of aliphatic hydroxyl groups excluding tert-OH is 1. The number of hydrogen-bond acceptors (Lipinski definition) is 17. The van der Waals surface area contributed by atoms with E-state index in [1.807, 2.05) is 0 Å². The van der Waals surface area contributed by atoms with Crippen molar-refractivity contribution in [2.24, 2.45) is 0 Å². The van der Waals surface area contributed by atoms with Gasteiger partial charge in [0.05, 0.1) is 6.61 Å². The Hall–Kier alpha value is -4.08. The van der Waals surface area contributed by atoms with Crippen LogP contribution in [0.2, 0.25) is 0 Å². The first-order valence-corrected chi connectivity index (χ1v) is 13.7. The van der Waals surface area contributed by atoms with E-state index in [0.717, 1.165) is 41.5 Å². The van der Waals surface area contributed by atoms with Crippen molar-refractivity contribution in [1.82, 2.24) is 5.32 Å². The van der Waals surface area contributed by atoms with Gasteiger partial charge in [-0.1, -0.05) is 0 Å². The fraction of sp³-hybridized carbons (Fsp3) is 0.731. The predicted octanol–water partition coefficient (Wildman–Crippen LogP) is -1.29. The standard InChI is InChI=1S/C26H34F3NO17/c1-9(31)40-17-15(7-30-25(38)26(27,28)29)47-24(22(45-14(6)36)20(17)43-12(4)34)39-8-16-18(41-10(2)32)19(42-11(3)33)21(23(37)46-16)44-13(5)35/h15-24,37H,7-8H2,1-6H3,(H,30,38)/t15-,16-,17-,18-,19+,20+,21-,22-,23?,24-/m1/s1. The topological polar surface area (TPSA) is 235 Å². The molecule has 2 aliphatic heterocycles. The molecule has 0 aromatic rings. The summed E-state index contributed by atoms with van der Waals surface area (Å²) in [6.45, 7) is 3.83. The van der Waals surface area contributed by atoms with E-state index >= 15 is 0 Å². The van der Waals surface area contributed by atoms with Crippen molar-refractivity contribution in [3.05, 3.63) is 0 Å². The molecule has 0 aromatic carbocycles. The lowest BCUT2D eigenvalue weighted by Gasteiger charge is -2.46. The SMILES string of the molecule is CC(=O)O[C@@H]1[C@@H](OC(C)=O)[C@H](OC[C@H]2OC(O)[C@H](OC(C)=O)[C@@H](OC(C)=O)[C@@H]2OC(C)=O)O[C@H](CNC(=O)C(F)(F)F)[C@H]1OC(C)=O. The van der Waals surface area contributed by atoms with Crippen LogP contribution in [0.3, 0.4) is 0 Å². The Balaban J connectivity index is 2.51. The van der Waals surface area contributed by atoms with E-state index in [0.29, 0.717) is 0 Å². The summed E-state index contributed by atoms with van der Waals surface area (Å²) in [5.74, 6) is -8.32. The lowest BCUT2D eigenvalue weighted by molar-refractivity contribution is -0.327. The molecule has 2 saturated heterocycles. The lowest BCUT2D eigenvalue weighted by Crippen LogP contribution is -2.65. The second kappa shape index (κ2) is 16.7. The van der Waals surface area contributed by atoms with E-state index in [1.165, 1.54) is 0 Å². The minimum absolute atomic E-state index is 0.811. The summed E-state index contributed by atoms with van der Waals surface area (Å²) in [5.41, 5.74) is 0. The van der Waals surface area contributed by atoms with E-state index < -0.39 is 122 Å². The monoisotopic (exact) mass is 689 g/mol. The minimum Gasteiger partial charge on any atom is -0.456 e. The van der Waals surface area contributed by atoms with Crippen molar-refractivity contribution >= 4 is 41.7 Å². The summed E-state index contributed by atoms with van der Waals surface area (Å²) in [6.07, 6.45) is -22.9. The first-order valence-electron chi connectivity index (χ1n) is 13.7. The number of amides is 1. The Morgan fingerprint density at radius 2 is 0.979 bits per heavy atom. The number of alkyl halides is 3. The molecule has 47 heavy (non-hydrogen) atoms. The first-order chi connectivity index (χ1) is 21.7. The maximum absolute atomic E-state index is 12.9. The molecule has 21 heteroatoms. The Morgan fingerprint density at radius 3 is 1.43 bits per heavy atom. The van der Waals surface area contributed by atoms with Crippen LogP contribution in [0.25, 0.3) is 0 Å². The minimum atomic E-state index is -5.33. The highest BCUT2D eigenvalue weighted by Gasteiger charge is 2.55. The molecule has 1 amide bonds. The van der Waals surface area contributed by atoms with Crippen LogP contribution in [0.1, 0.15) is 41.5 Å². The van der Waals surface area contributed by atoms with Gasteiger partial charge in [0, 0.05) is 48.1 Å². The number of esters is 6. The quantitative estimate of drug-likeness (QED) is 0.190. The maximum Gasteiger partial charge on any atom is 0.471 e. The van der Waals surface area contributed by atoms with Crippen molar-refractivity contribution in [2.45, 2.75) is 109 Å².